The van der Waals surface area contributed by atoms with Crippen molar-refractivity contribution in [2.75, 3.05) is 26.2 Å². The highest BCUT2D eigenvalue weighted by Gasteiger charge is 2.34. The van der Waals surface area contributed by atoms with Crippen molar-refractivity contribution in [2.24, 2.45) is 0 Å². The normalized spacial score (nSPS) is 19.4. The van der Waals surface area contributed by atoms with E-state index >= 15 is 0 Å². The van der Waals surface area contributed by atoms with Crippen LogP contribution in [0.3, 0.4) is 0 Å². The van der Waals surface area contributed by atoms with Crippen LogP contribution in [0.25, 0.3) is 0 Å². The van der Waals surface area contributed by atoms with Crippen LogP contribution in [0.1, 0.15) is 24.1 Å². The molecule has 2 rings (SSSR count). The van der Waals surface area contributed by atoms with Gasteiger partial charge in [0.1, 0.15) is 5.82 Å². The van der Waals surface area contributed by atoms with Crippen molar-refractivity contribution in [2.45, 2.75) is 19.1 Å². The second kappa shape index (κ2) is 5.46. The summed E-state index contributed by atoms with van der Waals surface area (Å²) >= 11 is 0. The van der Waals surface area contributed by atoms with Gasteiger partial charge in [0.2, 0.25) is 0 Å². The highest BCUT2D eigenvalue weighted by Crippen LogP contribution is 2.33. The van der Waals surface area contributed by atoms with Gasteiger partial charge in [-0.1, -0.05) is 6.07 Å². The maximum Gasteiger partial charge on any atom is 0.419 e. The molecule has 0 unspecified atom stereocenters. The molecule has 6 heteroatoms. The van der Waals surface area contributed by atoms with E-state index in [2.05, 4.69) is 10.2 Å². The number of hydrogen-bond acceptors (Lipinski definition) is 2. The van der Waals surface area contributed by atoms with Gasteiger partial charge in [-0.05, 0) is 24.6 Å². The molecule has 0 saturated carbocycles. The summed E-state index contributed by atoms with van der Waals surface area (Å²) in [4.78, 5) is 2.09. The molecule has 0 radical (unpaired) electrons. The average Bonchev–Trinajstić information content (AvgIpc) is 2.38. The summed E-state index contributed by atoms with van der Waals surface area (Å²) in [5.74, 6) is -1.22. The van der Waals surface area contributed by atoms with Gasteiger partial charge in [-0.15, -0.1) is 0 Å². The fourth-order valence-electron chi connectivity index (χ4n) is 2.30. The Kier molecular flexibility index (Phi) is 4.10. The first-order chi connectivity index (χ1) is 8.89. The van der Waals surface area contributed by atoms with Crippen LogP contribution in [-0.2, 0) is 6.18 Å². The minimum Gasteiger partial charge on any atom is -0.314 e. The third-order valence-corrected chi connectivity index (χ3v) is 3.48. The average molecular weight is 276 g/mol. The lowest BCUT2D eigenvalue weighted by Crippen LogP contribution is -2.44. The van der Waals surface area contributed by atoms with E-state index in [4.69, 9.17) is 0 Å². The zero-order valence-electron chi connectivity index (χ0n) is 10.6. The lowest BCUT2D eigenvalue weighted by atomic mass is 10.0. The van der Waals surface area contributed by atoms with Crippen LogP contribution in [0.4, 0.5) is 17.6 Å². The van der Waals surface area contributed by atoms with Crippen molar-refractivity contribution in [3.63, 3.8) is 0 Å². The van der Waals surface area contributed by atoms with Crippen molar-refractivity contribution < 1.29 is 17.6 Å². The number of piperazine rings is 1. The molecular formula is C13H16F4N2. The molecule has 106 valence electrons. The Morgan fingerprint density at radius 3 is 2.42 bits per heavy atom. The zero-order chi connectivity index (χ0) is 14.0. The van der Waals surface area contributed by atoms with Gasteiger partial charge < -0.3 is 5.32 Å². The molecule has 1 N–H and O–H groups in total. The van der Waals surface area contributed by atoms with Crippen LogP contribution in [0.2, 0.25) is 0 Å². The molecular weight excluding hydrogens is 260 g/mol. The van der Waals surface area contributed by atoms with Gasteiger partial charge in [-0.2, -0.15) is 13.2 Å². The molecule has 1 aliphatic rings. The van der Waals surface area contributed by atoms with Crippen LogP contribution in [0, 0.1) is 5.82 Å². The summed E-state index contributed by atoms with van der Waals surface area (Å²) in [7, 11) is 0. The molecule has 1 heterocycles. The van der Waals surface area contributed by atoms with Crippen LogP contribution >= 0.6 is 0 Å². The van der Waals surface area contributed by atoms with Gasteiger partial charge >= 0.3 is 6.18 Å². The fourth-order valence-corrected chi connectivity index (χ4v) is 2.30. The Morgan fingerprint density at radius 2 is 1.84 bits per heavy atom. The van der Waals surface area contributed by atoms with E-state index in [1.54, 1.807) is 0 Å². The number of benzene rings is 1. The molecule has 0 aliphatic carbocycles. The quantitative estimate of drug-likeness (QED) is 0.836. The van der Waals surface area contributed by atoms with Gasteiger partial charge in [0.05, 0.1) is 5.56 Å². The number of halogens is 4. The molecule has 1 aromatic rings. The van der Waals surface area contributed by atoms with Crippen molar-refractivity contribution in [3.05, 3.63) is 35.1 Å². The molecule has 1 aromatic carbocycles. The zero-order valence-corrected chi connectivity index (χ0v) is 10.6. The summed E-state index contributed by atoms with van der Waals surface area (Å²) in [6.45, 7) is 5.04. The molecule has 19 heavy (non-hydrogen) atoms. The van der Waals surface area contributed by atoms with Gasteiger partial charge in [0, 0.05) is 32.2 Å². The van der Waals surface area contributed by atoms with Gasteiger partial charge in [0.15, 0.2) is 0 Å². The standard InChI is InChI=1S/C13H16F4N2/c1-9(19-6-4-18-5-7-19)10-2-3-12(14)11(8-10)13(15,16)17/h2-3,8-9,18H,4-7H2,1H3/t9-/m0/s1. The molecule has 1 saturated heterocycles. The number of alkyl halides is 3. The van der Waals surface area contributed by atoms with E-state index in [0.717, 1.165) is 38.3 Å². The highest BCUT2D eigenvalue weighted by molar-refractivity contribution is 5.29. The summed E-state index contributed by atoms with van der Waals surface area (Å²) < 4.78 is 51.2. The predicted molar refractivity (Wildman–Crippen MR) is 64.3 cm³/mol. The second-order valence-corrected chi connectivity index (χ2v) is 4.70. The Balaban J connectivity index is 2.24. The predicted octanol–water partition coefficient (Wildman–Crippen LogP) is 2.81. The SMILES string of the molecule is C[C@@H](c1ccc(F)c(C(F)(F)F)c1)N1CCNCC1. The third-order valence-electron chi connectivity index (χ3n) is 3.48. The number of nitrogens with one attached hydrogen (secondary N) is 1. The Bertz CT molecular complexity index is 439. The molecule has 1 fully saturated rings. The van der Waals surface area contributed by atoms with E-state index < -0.39 is 17.6 Å². The molecule has 1 atom stereocenters. The van der Waals surface area contributed by atoms with E-state index in [9.17, 15) is 17.6 Å². The van der Waals surface area contributed by atoms with Crippen molar-refractivity contribution in [1.29, 1.82) is 0 Å². The Hall–Kier alpha value is -1.14. The van der Waals surface area contributed by atoms with Crippen LogP contribution < -0.4 is 5.32 Å². The van der Waals surface area contributed by atoms with Crippen molar-refractivity contribution in [3.8, 4) is 0 Å². The number of nitrogens with zero attached hydrogens (tertiary/aromatic N) is 1. The molecule has 0 bridgehead atoms. The first kappa shape index (κ1) is 14.3. The summed E-state index contributed by atoms with van der Waals surface area (Å²) in [5.41, 5.74) is -0.692. The van der Waals surface area contributed by atoms with Crippen LogP contribution in [-0.4, -0.2) is 31.1 Å². The minimum atomic E-state index is -4.65. The topological polar surface area (TPSA) is 15.3 Å². The molecule has 0 spiro atoms. The third kappa shape index (κ3) is 3.25. The van der Waals surface area contributed by atoms with Crippen molar-refractivity contribution >= 4 is 0 Å². The van der Waals surface area contributed by atoms with Crippen molar-refractivity contribution in [1.82, 2.24) is 10.2 Å². The molecule has 2 nitrogen and oxygen atoms in total. The number of hydrogen-bond donors (Lipinski definition) is 1. The maximum atomic E-state index is 13.2. The first-order valence-corrected chi connectivity index (χ1v) is 6.21. The minimum absolute atomic E-state index is 0.149. The summed E-state index contributed by atoms with van der Waals surface area (Å²) in [6, 6.07) is 3.10. The lowest BCUT2D eigenvalue weighted by molar-refractivity contribution is -0.140. The highest BCUT2D eigenvalue weighted by atomic mass is 19.4. The Labute approximate surface area is 109 Å². The molecule has 0 aromatic heterocycles. The van der Waals surface area contributed by atoms with Gasteiger partial charge in [-0.3, -0.25) is 4.90 Å². The summed E-state index contributed by atoms with van der Waals surface area (Å²) in [6.07, 6.45) is -4.65. The monoisotopic (exact) mass is 276 g/mol. The second-order valence-electron chi connectivity index (χ2n) is 4.70. The largest absolute Gasteiger partial charge is 0.419 e. The van der Waals surface area contributed by atoms with E-state index in [-0.39, 0.29) is 6.04 Å². The van der Waals surface area contributed by atoms with E-state index in [1.165, 1.54) is 6.07 Å². The fraction of sp³-hybridized carbons (Fsp3) is 0.538. The smallest absolute Gasteiger partial charge is 0.314 e. The van der Waals surface area contributed by atoms with E-state index in [0.29, 0.717) is 5.56 Å². The molecule has 0 amide bonds. The van der Waals surface area contributed by atoms with Gasteiger partial charge in [-0.25, -0.2) is 4.39 Å². The number of rotatable bonds is 2. The van der Waals surface area contributed by atoms with Gasteiger partial charge in [0.25, 0.3) is 0 Å². The summed E-state index contributed by atoms with van der Waals surface area (Å²) in [5, 5.41) is 3.18. The first-order valence-electron chi connectivity index (χ1n) is 6.21. The lowest BCUT2D eigenvalue weighted by Gasteiger charge is -2.33. The van der Waals surface area contributed by atoms with Crippen LogP contribution in [0.5, 0.6) is 0 Å². The molecule has 1 aliphatic heterocycles. The van der Waals surface area contributed by atoms with E-state index in [1.807, 2.05) is 6.92 Å². The van der Waals surface area contributed by atoms with Crippen LogP contribution in [0.15, 0.2) is 18.2 Å². The Morgan fingerprint density at radius 1 is 1.21 bits per heavy atom. The maximum absolute atomic E-state index is 13.2.